The summed E-state index contributed by atoms with van der Waals surface area (Å²) in [5.41, 5.74) is 1.17. The van der Waals surface area contributed by atoms with Crippen LogP contribution in [0.2, 0.25) is 5.02 Å². The van der Waals surface area contributed by atoms with Crippen LogP contribution in [-0.4, -0.2) is 50.0 Å². The Morgan fingerprint density at radius 2 is 1.96 bits per heavy atom. The first-order valence-corrected chi connectivity index (χ1v) is 7.72. The summed E-state index contributed by atoms with van der Waals surface area (Å²) in [6.45, 7) is 1.81. The number of halogens is 1. The largest absolute Gasteiger partial charge is 0.358 e. The molecule has 6 heteroatoms. The van der Waals surface area contributed by atoms with Crippen molar-refractivity contribution in [2.24, 2.45) is 0 Å². The molecule has 0 bridgehead atoms. The summed E-state index contributed by atoms with van der Waals surface area (Å²) in [5, 5.41) is 3.39. The number of likely N-dealkylation sites (N-methyl/N-ethyl adjacent to an activating group) is 2. The number of pyridine rings is 1. The fraction of sp³-hybridized carbons (Fsp3) is 0.294. The van der Waals surface area contributed by atoms with Crippen LogP contribution in [0.4, 0.5) is 11.5 Å². The molecule has 0 unspecified atom stereocenters. The molecule has 0 radical (unpaired) electrons. The number of carbonyl (C=O) groups is 1. The molecule has 2 rings (SSSR count). The Morgan fingerprint density at radius 3 is 2.57 bits per heavy atom. The number of hydrogen-bond acceptors (Lipinski definition) is 4. The fourth-order valence-corrected chi connectivity index (χ4v) is 2.17. The Kier molecular flexibility index (Phi) is 5.96. The highest BCUT2D eigenvalue weighted by molar-refractivity contribution is 6.30. The zero-order valence-electron chi connectivity index (χ0n) is 13.6. The van der Waals surface area contributed by atoms with Crippen LogP contribution in [0.5, 0.6) is 0 Å². The minimum Gasteiger partial charge on any atom is -0.358 e. The van der Waals surface area contributed by atoms with Gasteiger partial charge < -0.3 is 15.1 Å². The van der Waals surface area contributed by atoms with Gasteiger partial charge in [-0.15, -0.1) is 0 Å². The van der Waals surface area contributed by atoms with Crippen LogP contribution in [0.15, 0.2) is 42.6 Å². The van der Waals surface area contributed by atoms with Crippen molar-refractivity contribution in [3.05, 3.63) is 53.2 Å². The molecule has 0 aliphatic rings. The summed E-state index contributed by atoms with van der Waals surface area (Å²) >= 11 is 5.91. The SMILES string of the molecule is CN(C)CCN(C)c1ccc(C(=O)Nc2cccc(Cl)c2)cn1. The fourth-order valence-electron chi connectivity index (χ4n) is 1.98. The Bertz CT molecular complexity index is 658. The third kappa shape index (κ3) is 5.23. The molecule has 0 aliphatic heterocycles. The van der Waals surface area contributed by atoms with Crippen LogP contribution < -0.4 is 10.2 Å². The van der Waals surface area contributed by atoms with Crippen molar-refractivity contribution >= 4 is 29.0 Å². The first-order chi connectivity index (χ1) is 11.0. The zero-order valence-corrected chi connectivity index (χ0v) is 14.3. The van der Waals surface area contributed by atoms with Gasteiger partial charge in [0.1, 0.15) is 5.82 Å². The normalized spacial score (nSPS) is 10.7. The van der Waals surface area contributed by atoms with E-state index in [9.17, 15) is 4.79 Å². The molecular formula is C17H21ClN4O. The number of hydrogen-bond donors (Lipinski definition) is 1. The van der Waals surface area contributed by atoms with Crippen molar-refractivity contribution < 1.29 is 4.79 Å². The lowest BCUT2D eigenvalue weighted by molar-refractivity contribution is 0.102. The van der Waals surface area contributed by atoms with Gasteiger partial charge in [0, 0.05) is 37.0 Å². The molecule has 23 heavy (non-hydrogen) atoms. The Hall–Kier alpha value is -2.11. The topological polar surface area (TPSA) is 48.5 Å². The van der Waals surface area contributed by atoms with E-state index >= 15 is 0 Å². The van der Waals surface area contributed by atoms with E-state index in [1.54, 1.807) is 36.5 Å². The van der Waals surface area contributed by atoms with Crippen LogP contribution >= 0.6 is 11.6 Å². The summed E-state index contributed by atoms with van der Waals surface area (Å²) in [7, 11) is 6.05. The van der Waals surface area contributed by atoms with Gasteiger partial charge in [0.2, 0.25) is 0 Å². The molecule has 1 aromatic heterocycles. The highest BCUT2D eigenvalue weighted by Gasteiger charge is 2.09. The predicted molar refractivity (Wildman–Crippen MR) is 95.5 cm³/mol. The van der Waals surface area contributed by atoms with Gasteiger partial charge in [-0.05, 0) is 44.4 Å². The first kappa shape index (κ1) is 17.2. The van der Waals surface area contributed by atoms with E-state index in [2.05, 4.69) is 20.1 Å². The molecule has 0 fully saturated rings. The van der Waals surface area contributed by atoms with Crippen LogP contribution in [-0.2, 0) is 0 Å². The molecule has 5 nitrogen and oxygen atoms in total. The van der Waals surface area contributed by atoms with Gasteiger partial charge in [-0.3, -0.25) is 4.79 Å². The highest BCUT2D eigenvalue weighted by atomic mass is 35.5. The van der Waals surface area contributed by atoms with Gasteiger partial charge in [-0.25, -0.2) is 4.98 Å². The van der Waals surface area contributed by atoms with Gasteiger partial charge in [0.25, 0.3) is 5.91 Å². The number of amides is 1. The smallest absolute Gasteiger partial charge is 0.257 e. The van der Waals surface area contributed by atoms with Crippen LogP contribution in [0, 0.1) is 0 Å². The predicted octanol–water partition coefficient (Wildman–Crippen LogP) is 2.99. The van der Waals surface area contributed by atoms with Gasteiger partial charge >= 0.3 is 0 Å². The maximum absolute atomic E-state index is 12.2. The second-order valence-electron chi connectivity index (χ2n) is 5.59. The van der Waals surface area contributed by atoms with Crippen molar-refractivity contribution in [1.29, 1.82) is 0 Å². The van der Waals surface area contributed by atoms with E-state index in [0.29, 0.717) is 16.3 Å². The molecule has 0 saturated carbocycles. The van der Waals surface area contributed by atoms with E-state index in [0.717, 1.165) is 18.9 Å². The molecule has 1 N–H and O–H groups in total. The lowest BCUT2D eigenvalue weighted by atomic mass is 10.2. The van der Waals surface area contributed by atoms with Crippen molar-refractivity contribution in [2.75, 3.05) is 44.4 Å². The number of nitrogens with zero attached hydrogens (tertiary/aromatic N) is 3. The third-order valence-corrected chi connectivity index (χ3v) is 3.60. The zero-order chi connectivity index (χ0) is 16.8. The molecule has 1 aromatic carbocycles. The molecule has 1 heterocycles. The number of nitrogens with one attached hydrogen (secondary N) is 1. The van der Waals surface area contributed by atoms with E-state index in [1.165, 1.54) is 0 Å². The van der Waals surface area contributed by atoms with Crippen LogP contribution in [0.25, 0.3) is 0 Å². The Balaban J connectivity index is 1.99. The molecule has 0 atom stereocenters. The van der Waals surface area contributed by atoms with Crippen LogP contribution in [0.3, 0.4) is 0 Å². The second-order valence-corrected chi connectivity index (χ2v) is 6.03. The summed E-state index contributed by atoms with van der Waals surface area (Å²) in [6.07, 6.45) is 1.58. The minimum atomic E-state index is -0.206. The Labute approximate surface area is 141 Å². The van der Waals surface area contributed by atoms with Crippen molar-refractivity contribution in [2.45, 2.75) is 0 Å². The van der Waals surface area contributed by atoms with Crippen molar-refractivity contribution in [3.8, 4) is 0 Å². The Morgan fingerprint density at radius 1 is 1.17 bits per heavy atom. The number of carbonyl (C=O) groups excluding carboxylic acids is 1. The van der Waals surface area contributed by atoms with Gasteiger partial charge in [0.05, 0.1) is 5.56 Å². The van der Waals surface area contributed by atoms with Gasteiger partial charge in [-0.2, -0.15) is 0 Å². The summed E-state index contributed by atoms with van der Waals surface area (Å²) in [6, 6.07) is 10.7. The summed E-state index contributed by atoms with van der Waals surface area (Å²) in [4.78, 5) is 20.7. The molecule has 1 amide bonds. The standard InChI is InChI=1S/C17H21ClN4O/c1-21(2)9-10-22(3)16-8-7-13(12-19-16)17(23)20-15-6-4-5-14(18)11-15/h4-8,11-12H,9-10H2,1-3H3,(H,20,23). The molecule has 0 aliphatic carbocycles. The van der Waals surface area contributed by atoms with Crippen molar-refractivity contribution in [3.63, 3.8) is 0 Å². The summed E-state index contributed by atoms with van der Waals surface area (Å²) < 4.78 is 0. The number of aromatic nitrogens is 1. The molecule has 0 spiro atoms. The maximum Gasteiger partial charge on any atom is 0.257 e. The summed E-state index contributed by atoms with van der Waals surface area (Å²) in [5.74, 6) is 0.633. The molecule has 2 aromatic rings. The third-order valence-electron chi connectivity index (χ3n) is 3.37. The van der Waals surface area contributed by atoms with E-state index in [-0.39, 0.29) is 5.91 Å². The minimum absolute atomic E-state index is 0.206. The van der Waals surface area contributed by atoms with E-state index < -0.39 is 0 Å². The molecular weight excluding hydrogens is 312 g/mol. The first-order valence-electron chi connectivity index (χ1n) is 7.34. The van der Waals surface area contributed by atoms with Gasteiger partial charge in [0.15, 0.2) is 0 Å². The molecule has 122 valence electrons. The average Bonchev–Trinajstić information content (AvgIpc) is 2.52. The molecule has 0 saturated heterocycles. The number of benzene rings is 1. The highest BCUT2D eigenvalue weighted by Crippen LogP contribution is 2.16. The lowest BCUT2D eigenvalue weighted by Crippen LogP contribution is -2.29. The second kappa shape index (κ2) is 7.94. The monoisotopic (exact) mass is 332 g/mol. The van der Waals surface area contributed by atoms with E-state index in [4.69, 9.17) is 11.6 Å². The van der Waals surface area contributed by atoms with Crippen LogP contribution in [0.1, 0.15) is 10.4 Å². The van der Waals surface area contributed by atoms with Gasteiger partial charge in [-0.1, -0.05) is 17.7 Å². The lowest BCUT2D eigenvalue weighted by Gasteiger charge is -2.20. The number of rotatable bonds is 6. The number of anilines is 2. The van der Waals surface area contributed by atoms with E-state index in [1.807, 2.05) is 27.2 Å². The quantitative estimate of drug-likeness (QED) is 0.883. The average molecular weight is 333 g/mol. The van der Waals surface area contributed by atoms with Crippen molar-refractivity contribution in [1.82, 2.24) is 9.88 Å². The maximum atomic E-state index is 12.2.